The summed E-state index contributed by atoms with van der Waals surface area (Å²) < 4.78 is 44.7. The van der Waals surface area contributed by atoms with Crippen molar-refractivity contribution in [3.05, 3.63) is 41.1 Å². The maximum absolute atomic E-state index is 13.1. The summed E-state index contributed by atoms with van der Waals surface area (Å²) >= 11 is 0. The Morgan fingerprint density at radius 1 is 1.50 bits per heavy atom. The summed E-state index contributed by atoms with van der Waals surface area (Å²) in [5.41, 5.74) is -0.206. The van der Waals surface area contributed by atoms with Crippen LogP contribution in [-0.4, -0.2) is 34.1 Å². The highest BCUT2D eigenvalue weighted by Crippen LogP contribution is 2.42. The van der Waals surface area contributed by atoms with Crippen molar-refractivity contribution < 1.29 is 22.4 Å². The first-order valence-electron chi connectivity index (χ1n) is 8.69. The molecule has 2 atom stereocenters. The van der Waals surface area contributed by atoms with E-state index < -0.39 is 17.8 Å². The van der Waals surface area contributed by atoms with E-state index in [4.69, 9.17) is 4.42 Å². The van der Waals surface area contributed by atoms with E-state index >= 15 is 0 Å². The number of amides is 1. The first-order valence-corrected chi connectivity index (χ1v) is 8.69. The molecule has 2 aromatic rings. The number of H-pyrrole nitrogens is 1. The number of nitrogens with one attached hydrogen (secondary N) is 1. The van der Waals surface area contributed by atoms with Gasteiger partial charge in [-0.1, -0.05) is 0 Å². The smallest absolute Gasteiger partial charge is 0.435 e. The Morgan fingerprint density at radius 2 is 2.27 bits per heavy atom. The molecule has 0 saturated carbocycles. The Bertz CT molecular complexity index is 752. The minimum atomic E-state index is -4.50. The number of aromatic nitrogens is 2. The van der Waals surface area contributed by atoms with Crippen LogP contribution in [0.15, 0.2) is 22.8 Å². The predicted octanol–water partition coefficient (Wildman–Crippen LogP) is 3.92. The summed E-state index contributed by atoms with van der Waals surface area (Å²) in [5, 5.41) is 5.90. The molecule has 0 aliphatic heterocycles. The fraction of sp³-hybridized carbons (Fsp3) is 0.556. The number of carbonyl (C=O) groups excluding carboxylic acids is 1. The van der Waals surface area contributed by atoms with Crippen LogP contribution in [0.5, 0.6) is 0 Å². The summed E-state index contributed by atoms with van der Waals surface area (Å²) in [6, 6.07) is 3.67. The minimum absolute atomic E-state index is 0.0279. The molecule has 0 radical (unpaired) electrons. The van der Waals surface area contributed by atoms with Crippen LogP contribution in [0.2, 0.25) is 0 Å². The highest BCUT2D eigenvalue weighted by molar-refractivity contribution is 5.77. The van der Waals surface area contributed by atoms with Gasteiger partial charge in [0.25, 0.3) is 0 Å². The van der Waals surface area contributed by atoms with Gasteiger partial charge in [-0.2, -0.15) is 18.3 Å². The molecule has 5 nitrogen and oxygen atoms in total. The topological polar surface area (TPSA) is 62.1 Å². The number of hydrogen-bond acceptors (Lipinski definition) is 3. The van der Waals surface area contributed by atoms with E-state index in [-0.39, 0.29) is 23.9 Å². The number of nitrogens with zero attached hydrogens (tertiary/aromatic N) is 2. The van der Waals surface area contributed by atoms with Gasteiger partial charge in [-0.15, -0.1) is 0 Å². The fourth-order valence-corrected chi connectivity index (χ4v) is 3.50. The summed E-state index contributed by atoms with van der Waals surface area (Å²) in [6.07, 6.45) is -0.364. The lowest BCUT2D eigenvalue weighted by atomic mass is 9.96. The highest BCUT2D eigenvalue weighted by Gasteiger charge is 2.42. The SMILES string of the molecule is CC(CCc1ccco1)N(C)C(=O)CC1CCc2[nH]nc(C(F)(F)F)c21. The number of aromatic amines is 1. The van der Waals surface area contributed by atoms with E-state index in [0.29, 0.717) is 25.0 Å². The number of rotatable bonds is 6. The van der Waals surface area contributed by atoms with Crippen molar-refractivity contribution in [3.63, 3.8) is 0 Å². The molecule has 0 fully saturated rings. The van der Waals surface area contributed by atoms with Crippen LogP contribution in [0, 0.1) is 0 Å². The number of aryl methyl sites for hydroxylation is 2. The Labute approximate surface area is 149 Å². The summed E-state index contributed by atoms with van der Waals surface area (Å²) in [7, 11) is 1.70. The molecule has 1 aliphatic rings. The van der Waals surface area contributed by atoms with E-state index in [2.05, 4.69) is 10.2 Å². The lowest BCUT2D eigenvalue weighted by Gasteiger charge is -2.26. The predicted molar refractivity (Wildman–Crippen MR) is 88.5 cm³/mol. The van der Waals surface area contributed by atoms with Gasteiger partial charge in [0, 0.05) is 37.2 Å². The molecule has 0 aromatic carbocycles. The van der Waals surface area contributed by atoms with Crippen molar-refractivity contribution in [3.8, 4) is 0 Å². The third kappa shape index (κ3) is 3.78. The van der Waals surface area contributed by atoms with E-state index in [1.807, 2.05) is 19.1 Å². The molecule has 8 heteroatoms. The fourth-order valence-electron chi connectivity index (χ4n) is 3.50. The molecule has 2 aromatic heterocycles. The first kappa shape index (κ1) is 18.5. The third-order valence-electron chi connectivity index (χ3n) is 5.17. The number of carbonyl (C=O) groups is 1. The number of furan rings is 1. The quantitative estimate of drug-likeness (QED) is 0.839. The van der Waals surface area contributed by atoms with Gasteiger partial charge in [-0.3, -0.25) is 9.89 Å². The van der Waals surface area contributed by atoms with Crippen molar-refractivity contribution in [2.24, 2.45) is 0 Å². The van der Waals surface area contributed by atoms with Gasteiger partial charge in [-0.05, 0) is 44.2 Å². The molecular weight excluding hydrogens is 347 g/mol. The van der Waals surface area contributed by atoms with Crippen LogP contribution in [-0.2, 0) is 23.8 Å². The summed E-state index contributed by atoms with van der Waals surface area (Å²) in [5.74, 6) is 0.267. The maximum Gasteiger partial charge on any atom is 0.435 e. The molecule has 2 heterocycles. The van der Waals surface area contributed by atoms with Crippen LogP contribution < -0.4 is 0 Å². The zero-order chi connectivity index (χ0) is 18.9. The average Bonchev–Trinajstić information content (AvgIpc) is 3.29. The van der Waals surface area contributed by atoms with Crippen molar-refractivity contribution in [2.45, 2.75) is 57.2 Å². The normalized spacial score (nSPS) is 18.0. The Balaban J connectivity index is 1.61. The Morgan fingerprint density at radius 3 is 2.92 bits per heavy atom. The molecule has 1 aliphatic carbocycles. The summed E-state index contributed by atoms with van der Waals surface area (Å²) in [6.45, 7) is 1.93. The van der Waals surface area contributed by atoms with Gasteiger partial charge < -0.3 is 9.32 Å². The second kappa shape index (κ2) is 7.17. The monoisotopic (exact) mass is 369 g/mol. The zero-order valence-electron chi connectivity index (χ0n) is 14.8. The van der Waals surface area contributed by atoms with E-state index in [9.17, 15) is 18.0 Å². The maximum atomic E-state index is 13.1. The molecule has 1 N–H and O–H groups in total. The second-order valence-electron chi connectivity index (χ2n) is 6.87. The molecule has 3 rings (SSSR count). The van der Waals surface area contributed by atoms with Gasteiger partial charge in [0.1, 0.15) is 5.76 Å². The lowest BCUT2D eigenvalue weighted by molar-refractivity contribution is -0.142. The van der Waals surface area contributed by atoms with Gasteiger partial charge in [0.15, 0.2) is 5.69 Å². The van der Waals surface area contributed by atoms with Gasteiger partial charge in [0.05, 0.1) is 6.26 Å². The molecule has 2 unspecified atom stereocenters. The van der Waals surface area contributed by atoms with Crippen LogP contribution in [0.3, 0.4) is 0 Å². The molecule has 26 heavy (non-hydrogen) atoms. The van der Waals surface area contributed by atoms with Crippen LogP contribution in [0.25, 0.3) is 0 Å². The second-order valence-corrected chi connectivity index (χ2v) is 6.87. The van der Waals surface area contributed by atoms with Crippen LogP contribution in [0.4, 0.5) is 13.2 Å². The third-order valence-corrected chi connectivity index (χ3v) is 5.17. The molecule has 0 spiro atoms. The molecule has 0 saturated heterocycles. The van der Waals surface area contributed by atoms with Gasteiger partial charge >= 0.3 is 6.18 Å². The number of hydrogen-bond donors (Lipinski definition) is 1. The number of alkyl halides is 3. The molecular formula is C18H22F3N3O2. The number of halogens is 3. The van der Waals surface area contributed by atoms with Crippen LogP contribution >= 0.6 is 0 Å². The largest absolute Gasteiger partial charge is 0.469 e. The standard InChI is InChI=1S/C18H22F3N3O2/c1-11(5-7-13-4-3-9-26-13)24(2)15(25)10-12-6-8-14-16(12)17(23-22-14)18(19,20)21/h3-4,9,11-12H,5-8,10H2,1-2H3,(H,22,23). The number of fused-ring (bicyclic) bond motifs is 1. The molecule has 1 amide bonds. The van der Waals surface area contributed by atoms with Crippen molar-refractivity contribution >= 4 is 5.91 Å². The minimum Gasteiger partial charge on any atom is -0.469 e. The van der Waals surface area contributed by atoms with Gasteiger partial charge in [0.2, 0.25) is 5.91 Å². The Kier molecular flexibility index (Phi) is 5.11. The van der Waals surface area contributed by atoms with E-state index in [1.165, 1.54) is 0 Å². The Hall–Kier alpha value is -2.25. The van der Waals surface area contributed by atoms with Gasteiger partial charge in [-0.25, -0.2) is 0 Å². The molecule has 142 valence electrons. The van der Waals surface area contributed by atoms with Crippen molar-refractivity contribution in [1.29, 1.82) is 0 Å². The summed E-state index contributed by atoms with van der Waals surface area (Å²) in [4.78, 5) is 14.2. The van der Waals surface area contributed by atoms with Crippen LogP contribution in [0.1, 0.15) is 54.8 Å². The molecule has 0 bridgehead atoms. The lowest BCUT2D eigenvalue weighted by Crippen LogP contribution is -2.36. The average molecular weight is 369 g/mol. The van der Waals surface area contributed by atoms with Crippen molar-refractivity contribution in [2.75, 3.05) is 7.05 Å². The highest BCUT2D eigenvalue weighted by atomic mass is 19.4. The van der Waals surface area contributed by atoms with Crippen molar-refractivity contribution in [1.82, 2.24) is 15.1 Å². The first-order chi connectivity index (χ1) is 12.3. The van der Waals surface area contributed by atoms with E-state index in [0.717, 1.165) is 12.2 Å². The zero-order valence-corrected chi connectivity index (χ0v) is 14.8. The van der Waals surface area contributed by atoms with E-state index in [1.54, 1.807) is 18.2 Å².